The highest BCUT2D eigenvalue weighted by atomic mass is 14.4. The quantitative estimate of drug-likeness (QED) is 0.650. The van der Waals surface area contributed by atoms with E-state index in [1.807, 2.05) is 0 Å². The summed E-state index contributed by atoms with van der Waals surface area (Å²) in [5.74, 6) is 0. The largest absolute Gasteiger partial charge is 0.0654 e. The molecule has 0 heterocycles. The van der Waals surface area contributed by atoms with E-state index in [-0.39, 0.29) is 0 Å². The van der Waals surface area contributed by atoms with Crippen LogP contribution in [0.4, 0.5) is 0 Å². The topological polar surface area (TPSA) is 0 Å². The van der Waals surface area contributed by atoms with E-state index in [0.29, 0.717) is 5.41 Å². The molecule has 1 aliphatic rings. The van der Waals surface area contributed by atoms with Gasteiger partial charge in [0.15, 0.2) is 0 Å². The van der Waals surface area contributed by atoms with Crippen molar-refractivity contribution in [2.75, 3.05) is 0 Å². The van der Waals surface area contributed by atoms with Crippen LogP contribution >= 0.6 is 0 Å². The molecule has 94 valence electrons. The zero-order valence-electron chi connectivity index (χ0n) is 11.5. The third-order valence-corrected chi connectivity index (χ3v) is 4.48. The Bertz CT molecular complexity index is 328. The lowest BCUT2D eigenvalue weighted by atomic mass is 9.66. The van der Waals surface area contributed by atoms with Crippen LogP contribution in [0.3, 0.4) is 0 Å². The number of benzene rings is 1. The van der Waals surface area contributed by atoms with E-state index < -0.39 is 0 Å². The van der Waals surface area contributed by atoms with Gasteiger partial charge >= 0.3 is 0 Å². The summed E-state index contributed by atoms with van der Waals surface area (Å²) in [4.78, 5) is 0. The number of aryl methyl sites for hydroxylation is 1. The first-order valence-electron chi connectivity index (χ1n) is 7.34. The van der Waals surface area contributed by atoms with Gasteiger partial charge in [0.2, 0.25) is 0 Å². The lowest BCUT2D eigenvalue weighted by Crippen LogP contribution is -2.29. The van der Waals surface area contributed by atoms with Gasteiger partial charge < -0.3 is 0 Å². The van der Waals surface area contributed by atoms with Crippen molar-refractivity contribution in [1.29, 1.82) is 0 Å². The molecule has 0 aliphatic heterocycles. The van der Waals surface area contributed by atoms with Gasteiger partial charge in [0, 0.05) is 0 Å². The van der Waals surface area contributed by atoms with Gasteiger partial charge in [0.05, 0.1) is 0 Å². The van der Waals surface area contributed by atoms with Crippen molar-refractivity contribution in [2.24, 2.45) is 0 Å². The summed E-state index contributed by atoms with van der Waals surface area (Å²) in [5.41, 5.74) is 3.51. The Morgan fingerprint density at radius 1 is 1.00 bits per heavy atom. The van der Waals surface area contributed by atoms with Gasteiger partial charge in [-0.3, -0.25) is 0 Å². The number of rotatable bonds is 4. The summed E-state index contributed by atoms with van der Waals surface area (Å²) in [7, 11) is 0. The maximum atomic E-state index is 2.39. The average molecular weight is 230 g/mol. The normalized spacial score (nSPS) is 19.2. The van der Waals surface area contributed by atoms with E-state index in [9.17, 15) is 0 Å². The second-order valence-corrected chi connectivity index (χ2v) is 5.81. The number of hydrogen-bond donors (Lipinski definition) is 0. The predicted octanol–water partition coefficient (Wildman–Crippen LogP) is 5.39. The van der Waals surface area contributed by atoms with Gasteiger partial charge in [-0.15, -0.1) is 0 Å². The highest BCUT2D eigenvalue weighted by Crippen LogP contribution is 2.43. The third kappa shape index (κ3) is 2.91. The molecule has 0 bridgehead atoms. The molecular weight excluding hydrogens is 204 g/mol. The predicted molar refractivity (Wildman–Crippen MR) is 75.5 cm³/mol. The molecule has 0 saturated heterocycles. The first-order chi connectivity index (χ1) is 8.27. The van der Waals surface area contributed by atoms with E-state index in [4.69, 9.17) is 0 Å². The molecule has 0 aromatic heterocycles. The molecule has 17 heavy (non-hydrogen) atoms. The zero-order chi connectivity index (χ0) is 12.1. The molecule has 1 aromatic carbocycles. The Morgan fingerprint density at radius 2 is 1.65 bits per heavy atom. The van der Waals surface area contributed by atoms with Crippen molar-refractivity contribution in [3.63, 3.8) is 0 Å². The van der Waals surface area contributed by atoms with Crippen molar-refractivity contribution >= 4 is 0 Å². The van der Waals surface area contributed by atoms with E-state index in [0.717, 1.165) is 0 Å². The molecular formula is C17H26. The van der Waals surface area contributed by atoms with E-state index in [1.54, 1.807) is 5.56 Å². The minimum Gasteiger partial charge on any atom is -0.0654 e. The second kappa shape index (κ2) is 5.71. The third-order valence-electron chi connectivity index (χ3n) is 4.48. The van der Waals surface area contributed by atoms with Crippen LogP contribution in [-0.4, -0.2) is 0 Å². The maximum absolute atomic E-state index is 2.39. The average Bonchev–Trinajstić information content (AvgIpc) is 2.38. The SMILES string of the molecule is CCCCC1(c2ccc(C)cc2)CCCCC1. The van der Waals surface area contributed by atoms with Crippen LogP contribution in [0.15, 0.2) is 24.3 Å². The van der Waals surface area contributed by atoms with Crippen LogP contribution in [0, 0.1) is 6.92 Å². The molecule has 1 aliphatic carbocycles. The van der Waals surface area contributed by atoms with Crippen molar-refractivity contribution in [3.8, 4) is 0 Å². The molecule has 0 radical (unpaired) electrons. The van der Waals surface area contributed by atoms with Crippen molar-refractivity contribution in [3.05, 3.63) is 35.4 Å². The fraction of sp³-hybridized carbons (Fsp3) is 0.647. The van der Waals surface area contributed by atoms with E-state index in [2.05, 4.69) is 38.1 Å². The first-order valence-corrected chi connectivity index (χ1v) is 7.34. The molecule has 1 aromatic rings. The molecule has 0 atom stereocenters. The molecule has 0 spiro atoms. The van der Waals surface area contributed by atoms with Gasteiger partial charge in [-0.1, -0.05) is 68.9 Å². The van der Waals surface area contributed by atoms with Crippen LogP contribution < -0.4 is 0 Å². The Kier molecular flexibility index (Phi) is 4.25. The fourth-order valence-electron chi connectivity index (χ4n) is 3.33. The fourth-order valence-corrected chi connectivity index (χ4v) is 3.33. The molecule has 0 unspecified atom stereocenters. The molecule has 1 saturated carbocycles. The number of unbranched alkanes of at least 4 members (excludes halogenated alkanes) is 1. The van der Waals surface area contributed by atoms with E-state index in [1.165, 1.54) is 56.9 Å². The van der Waals surface area contributed by atoms with Crippen molar-refractivity contribution in [1.82, 2.24) is 0 Å². The van der Waals surface area contributed by atoms with Gasteiger partial charge in [0.1, 0.15) is 0 Å². The molecule has 0 nitrogen and oxygen atoms in total. The smallest absolute Gasteiger partial charge is 0.00470 e. The highest BCUT2D eigenvalue weighted by molar-refractivity contribution is 5.29. The summed E-state index contributed by atoms with van der Waals surface area (Å²) in [6.07, 6.45) is 11.2. The summed E-state index contributed by atoms with van der Waals surface area (Å²) in [6, 6.07) is 9.35. The molecule has 1 fully saturated rings. The van der Waals surface area contributed by atoms with Crippen LogP contribution in [-0.2, 0) is 5.41 Å². The summed E-state index contributed by atoms with van der Waals surface area (Å²) < 4.78 is 0. The zero-order valence-corrected chi connectivity index (χ0v) is 11.5. The molecule has 2 rings (SSSR count). The van der Waals surface area contributed by atoms with Crippen LogP contribution in [0.1, 0.15) is 69.4 Å². The standard InChI is InChI=1S/C17H26/c1-3-4-12-17(13-6-5-7-14-17)16-10-8-15(2)9-11-16/h8-11H,3-7,12-14H2,1-2H3. The Labute approximate surface area is 106 Å². The first kappa shape index (κ1) is 12.7. The number of hydrogen-bond acceptors (Lipinski definition) is 0. The summed E-state index contributed by atoms with van der Waals surface area (Å²) in [5, 5.41) is 0. The van der Waals surface area contributed by atoms with Crippen LogP contribution in [0.2, 0.25) is 0 Å². The minimum absolute atomic E-state index is 0.516. The maximum Gasteiger partial charge on any atom is -0.00470 e. The Morgan fingerprint density at radius 3 is 2.24 bits per heavy atom. The van der Waals surface area contributed by atoms with E-state index >= 15 is 0 Å². The summed E-state index contributed by atoms with van der Waals surface area (Å²) >= 11 is 0. The monoisotopic (exact) mass is 230 g/mol. The summed E-state index contributed by atoms with van der Waals surface area (Å²) in [6.45, 7) is 4.50. The van der Waals surface area contributed by atoms with Gasteiger partial charge in [0.25, 0.3) is 0 Å². The molecule has 0 N–H and O–H groups in total. The second-order valence-electron chi connectivity index (χ2n) is 5.81. The highest BCUT2D eigenvalue weighted by Gasteiger charge is 2.32. The van der Waals surface area contributed by atoms with Gasteiger partial charge in [-0.2, -0.15) is 0 Å². The minimum atomic E-state index is 0.516. The Balaban J connectivity index is 2.21. The van der Waals surface area contributed by atoms with Gasteiger partial charge in [-0.25, -0.2) is 0 Å². The van der Waals surface area contributed by atoms with Gasteiger partial charge in [-0.05, 0) is 37.2 Å². The Hall–Kier alpha value is -0.780. The molecule has 0 amide bonds. The van der Waals surface area contributed by atoms with Crippen LogP contribution in [0.25, 0.3) is 0 Å². The van der Waals surface area contributed by atoms with Crippen molar-refractivity contribution in [2.45, 2.75) is 70.6 Å². The molecule has 0 heteroatoms. The van der Waals surface area contributed by atoms with Crippen molar-refractivity contribution < 1.29 is 0 Å². The van der Waals surface area contributed by atoms with Crippen LogP contribution in [0.5, 0.6) is 0 Å². The lowest BCUT2D eigenvalue weighted by molar-refractivity contribution is 0.267. The lowest BCUT2D eigenvalue weighted by Gasteiger charge is -2.38.